The third-order valence-corrected chi connectivity index (χ3v) is 1.29. The molecule has 0 aromatic heterocycles. The van der Waals surface area contributed by atoms with Crippen molar-refractivity contribution in [1.29, 1.82) is 0 Å². The van der Waals surface area contributed by atoms with Gasteiger partial charge in [-0.05, 0) is 5.92 Å². The quantitative estimate of drug-likeness (QED) is 0.465. The molecule has 0 bridgehead atoms. The van der Waals surface area contributed by atoms with Gasteiger partial charge in [0.2, 0.25) is 0 Å². The molecule has 0 radical (unpaired) electrons. The zero-order valence-electron chi connectivity index (χ0n) is 7.16. The Hall–Kier alpha value is -0.990. The minimum absolute atomic E-state index is 0.228. The molecule has 0 aromatic carbocycles. The van der Waals surface area contributed by atoms with Gasteiger partial charge in [0, 0.05) is 0 Å². The molecule has 11 heavy (non-hydrogen) atoms. The summed E-state index contributed by atoms with van der Waals surface area (Å²) in [5.74, 6) is 0.228. The number of rotatable bonds is 3. The summed E-state index contributed by atoms with van der Waals surface area (Å²) in [6.07, 6.45) is 0.660. The molecule has 0 heterocycles. The average molecular weight is 158 g/mol. The summed E-state index contributed by atoms with van der Waals surface area (Å²) in [6.45, 7) is 7.42. The molecular weight excluding hydrogens is 144 g/mol. The van der Waals surface area contributed by atoms with Gasteiger partial charge in [-0.25, -0.2) is 4.79 Å². The molecule has 0 aliphatic rings. The Labute approximate surface area is 67.0 Å². The van der Waals surface area contributed by atoms with Crippen molar-refractivity contribution >= 4 is 6.16 Å². The lowest BCUT2D eigenvalue weighted by atomic mass is 10.1. The maximum atomic E-state index is 10.6. The second kappa shape index (κ2) is 4.77. The Morgan fingerprint density at radius 1 is 1.55 bits per heavy atom. The van der Waals surface area contributed by atoms with Crippen molar-refractivity contribution < 1.29 is 14.3 Å². The molecule has 0 aromatic rings. The molecule has 64 valence electrons. The zero-order valence-corrected chi connectivity index (χ0v) is 7.16. The second-order valence-corrected chi connectivity index (χ2v) is 2.52. The lowest BCUT2D eigenvalue weighted by molar-refractivity contribution is 0.0382. The van der Waals surface area contributed by atoms with Crippen LogP contribution in [0, 0.1) is 5.92 Å². The van der Waals surface area contributed by atoms with Gasteiger partial charge in [0.15, 0.2) is 0 Å². The number of hydrogen-bond acceptors (Lipinski definition) is 3. The van der Waals surface area contributed by atoms with E-state index >= 15 is 0 Å². The van der Waals surface area contributed by atoms with Crippen molar-refractivity contribution in [2.75, 3.05) is 7.11 Å². The van der Waals surface area contributed by atoms with Gasteiger partial charge in [-0.2, -0.15) is 0 Å². The van der Waals surface area contributed by atoms with Crippen LogP contribution in [0.15, 0.2) is 12.7 Å². The average Bonchev–Trinajstić information content (AvgIpc) is 1.99. The van der Waals surface area contributed by atoms with E-state index in [-0.39, 0.29) is 12.0 Å². The SMILES string of the molecule is C=C[C@@H](OC(=O)OC)C(C)C. The third-order valence-electron chi connectivity index (χ3n) is 1.29. The first-order chi connectivity index (χ1) is 5.11. The molecule has 0 saturated carbocycles. The predicted octanol–water partition coefficient (Wildman–Crippen LogP) is 1.98. The molecule has 0 spiro atoms. The Bertz CT molecular complexity index is 140. The predicted molar refractivity (Wildman–Crippen MR) is 42.3 cm³/mol. The van der Waals surface area contributed by atoms with E-state index in [1.165, 1.54) is 7.11 Å². The smallest absolute Gasteiger partial charge is 0.438 e. The first-order valence-corrected chi connectivity index (χ1v) is 3.49. The maximum absolute atomic E-state index is 10.6. The highest BCUT2D eigenvalue weighted by molar-refractivity contribution is 5.60. The van der Waals surface area contributed by atoms with Gasteiger partial charge in [-0.3, -0.25) is 0 Å². The molecule has 0 aliphatic carbocycles. The van der Waals surface area contributed by atoms with Gasteiger partial charge < -0.3 is 9.47 Å². The van der Waals surface area contributed by atoms with E-state index in [1.807, 2.05) is 13.8 Å². The molecule has 0 fully saturated rings. The van der Waals surface area contributed by atoms with Crippen LogP contribution in [-0.2, 0) is 9.47 Å². The van der Waals surface area contributed by atoms with E-state index in [1.54, 1.807) is 6.08 Å². The van der Waals surface area contributed by atoms with Crippen LogP contribution in [0.4, 0.5) is 4.79 Å². The van der Waals surface area contributed by atoms with Crippen LogP contribution in [0.25, 0.3) is 0 Å². The van der Waals surface area contributed by atoms with E-state index < -0.39 is 6.16 Å². The number of hydrogen-bond donors (Lipinski definition) is 0. The van der Waals surface area contributed by atoms with Crippen molar-refractivity contribution in [3.8, 4) is 0 Å². The monoisotopic (exact) mass is 158 g/mol. The van der Waals surface area contributed by atoms with Gasteiger partial charge >= 0.3 is 6.16 Å². The summed E-state index contributed by atoms with van der Waals surface area (Å²) in [7, 11) is 1.28. The first kappa shape index (κ1) is 10.0. The molecule has 3 heteroatoms. The minimum Gasteiger partial charge on any atom is -0.438 e. The first-order valence-electron chi connectivity index (χ1n) is 3.49. The highest BCUT2D eigenvalue weighted by Crippen LogP contribution is 2.07. The summed E-state index contributed by atoms with van der Waals surface area (Å²) in [4.78, 5) is 10.6. The second-order valence-electron chi connectivity index (χ2n) is 2.52. The van der Waals surface area contributed by atoms with Crippen molar-refractivity contribution in [2.24, 2.45) is 5.92 Å². The number of carbonyl (C=O) groups excluding carboxylic acids is 1. The van der Waals surface area contributed by atoms with E-state index in [9.17, 15) is 4.79 Å². The lowest BCUT2D eigenvalue weighted by Gasteiger charge is -2.15. The fraction of sp³-hybridized carbons (Fsp3) is 0.625. The normalized spacial score (nSPS) is 12.4. The molecule has 0 rings (SSSR count). The van der Waals surface area contributed by atoms with Crippen molar-refractivity contribution in [2.45, 2.75) is 20.0 Å². The van der Waals surface area contributed by atoms with Gasteiger partial charge in [-0.15, -0.1) is 0 Å². The van der Waals surface area contributed by atoms with E-state index in [4.69, 9.17) is 4.74 Å². The summed E-state index contributed by atoms with van der Waals surface area (Å²) >= 11 is 0. The number of carbonyl (C=O) groups is 1. The summed E-state index contributed by atoms with van der Waals surface area (Å²) in [6, 6.07) is 0. The van der Waals surface area contributed by atoms with Gasteiger partial charge in [-0.1, -0.05) is 26.5 Å². The Balaban J connectivity index is 3.87. The minimum atomic E-state index is -0.663. The molecule has 0 unspecified atom stereocenters. The van der Waals surface area contributed by atoms with Crippen LogP contribution in [0.5, 0.6) is 0 Å². The Morgan fingerprint density at radius 3 is 2.36 bits per heavy atom. The lowest BCUT2D eigenvalue weighted by Crippen LogP contribution is -2.20. The van der Waals surface area contributed by atoms with E-state index in [2.05, 4.69) is 11.3 Å². The summed E-state index contributed by atoms with van der Waals surface area (Å²) in [5.41, 5.74) is 0. The van der Waals surface area contributed by atoms with E-state index in [0.29, 0.717) is 0 Å². The summed E-state index contributed by atoms with van der Waals surface area (Å²) in [5, 5.41) is 0. The van der Waals surface area contributed by atoms with Gasteiger partial charge in [0.05, 0.1) is 7.11 Å². The molecule has 3 nitrogen and oxygen atoms in total. The zero-order chi connectivity index (χ0) is 8.85. The van der Waals surface area contributed by atoms with Crippen molar-refractivity contribution in [3.05, 3.63) is 12.7 Å². The van der Waals surface area contributed by atoms with E-state index in [0.717, 1.165) is 0 Å². The fourth-order valence-corrected chi connectivity index (χ4v) is 0.616. The standard InChI is InChI=1S/C8H14O3/c1-5-7(6(2)3)11-8(9)10-4/h5-7H,1H2,2-4H3/t7-/m1/s1. The molecular formula is C8H14O3. The maximum Gasteiger partial charge on any atom is 0.508 e. The third kappa shape index (κ3) is 3.65. The molecule has 0 saturated heterocycles. The molecule has 0 amide bonds. The van der Waals surface area contributed by atoms with Crippen LogP contribution in [-0.4, -0.2) is 19.4 Å². The van der Waals surface area contributed by atoms with Crippen molar-refractivity contribution in [3.63, 3.8) is 0 Å². The van der Waals surface area contributed by atoms with Gasteiger partial charge in [0.25, 0.3) is 0 Å². The number of ether oxygens (including phenoxy) is 2. The fourth-order valence-electron chi connectivity index (χ4n) is 0.616. The van der Waals surface area contributed by atoms with Crippen LogP contribution in [0.1, 0.15) is 13.8 Å². The van der Waals surface area contributed by atoms with Gasteiger partial charge in [0.1, 0.15) is 6.10 Å². The Morgan fingerprint density at radius 2 is 2.09 bits per heavy atom. The molecule has 1 atom stereocenters. The Kier molecular flexibility index (Phi) is 4.34. The van der Waals surface area contributed by atoms with Crippen molar-refractivity contribution in [1.82, 2.24) is 0 Å². The topological polar surface area (TPSA) is 35.5 Å². The van der Waals surface area contributed by atoms with Crippen LogP contribution >= 0.6 is 0 Å². The summed E-state index contributed by atoms with van der Waals surface area (Å²) < 4.78 is 9.15. The highest BCUT2D eigenvalue weighted by atomic mass is 16.7. The van der Waals surface area contributed by atoms with Crippen LogP contribution in [0.3, 0.4) is 0 Å². The molecule has 0 aliphatic heterocycles. The van der Waals surface area contributed by atoms with Crippen LogP contribution in [0.2, 0.25) is 0 Å². The largest absolute Gasteiger partial charge is 0.508 e. The highest BCUT2D eigenvalue weighted by Gasteiger charge is 2.14. The molecule has 0 N–H and O–H groups in total. The number of methoxy groups -OCH3 is 1. The van der Waals surface area contributed by atoms with Crippen LogP contribution < -0.4 is 0 Å².